The molecule has 0 atom stereocenters. The molecule has 0 bridgehead atoms. The van der Waals surface area contributed by atoms with Crippen LogP contribution in [0.15, 0.2) is 18.2 Å². The highest BCUT2D eigenvalue weighted by Gasteiger charge is 2.05. The summed E-state index contributed by atoms with van der Waals surface area (Å²) in [4.78, 5) is 11.6. The largest absolute Gasteiger partial charge is 0.324 e. The lowest BCUT2D eigenvalue weighted by Gasteiger charge is -2.08. The van der Waals surface area contributed by atoms with Crippen LogP contribution in [0, 0.1) is 6.92 Å². The molecule has 0 saturated carbocycles. The van der Waals surface area contributed by atoms with Crippen LogP contribution in [0.25, 0.3) is 0 Å². The topological polar surface area (TPSA) is 41.1 Å². The van der Waals surface area contributed by atoms with Gasteiger partial charge < -0.3 is 10.6 Å². The minimum atomic E-state index is -0.0615. The van der Waals surface area contributed by atoms with Crippen LogP contribution in [0.1, 0.15) is 25.3 Å². The number of hydrogen-bond acceptors (Lipinski definition) is 2. The number of amides is 1. The van der Waals surface area contributed by atoms with Gasteiger partial charge in [-0.2, -0.15) is 0 Å². The second-order valence-corrected chi connectivity index (χ2v) is 4.47. The second-order valence-electron chi connectivity index (χ2n) is 4.06. The summed E-state index contributed by atoms with van der Waals surface area (Å²) >= 11 is 5.99. The summed E-state index contributed by atoms with van der Waals surface area (Å²) in [6, 6.07) is 5.57. The molecule has 0 aromatic heterocycles. The summed E-state index contributed by atoms with van der Waals surface area (Å²) in [5, 5.41) is 6.45. The Bertz CT molecular complexity index is 380. The molecule has 1 amide bonds. The average molecular weight is 255 g/mol. The van der Waals surface area contributed by atoms with E-state index in [0.29, 0.717) is 17.3 Å². The summed E-state index contributed by atoms with van der Waals surface area (Å²) < 4.78 is 0. The third-order valence-electron chi connectivity index (χ3n) is 2.39. The zero-order valence-electron chi connectivity index (χ0n) is 10.3. The second kappa shape index (κ2) is 7.30. The van der Waals surface area contributed by atoms with E-state index in [2.05, 4.69) is 17.6 Å². The van der Waals surface area contributed by atoms with E-state index in [1.165, 1.54) is 0 Å². The van der Waals surface area contributed by atoms with Gasteiger partial charge in [0.1, 0.15) is 0 Å². The molecule has 0 aliphatic carbocycles. The number of rotatable bonds is 6. The van der Waals surface area contributed by atoms with Crippen molar-refractivity contribution >= 4 is 23.2 Å². The van der Waals surface area contributed by atoms with Gasteiger partial charge in [0, 0.05) is 0 Å². The Morgan fingerprint density at radius 1 is 1.41 bits per heavy atom. The molecule has 0 aliphatic heterocycles. The number of hydrogen-bond donors (Lipinski definition) is 2. The van der Waals surface area contributed by atoms with Crippen LogP contribution in [-0.2, 0) is 4.79 Å². The molecule has 94 valence electrons. The van der Waals surface area contributed by atoms with Crippen LogP contribution in [-0.4, -0.2) is 19.0 Å². The molecule has 17 heavy (non-hydrogen) atoms. The highest BCUT2D eigenvalue weighted by atomic mass is 35.5. The highest BCUT2D eigenvalue weighted by molar-refractivity contribution is 6.33. The first-order valence-electron chi connectivity index (χ1n) is 5.90. The van der Waals surface area contributed by atoms with Crippen LogP contribution >= 0.6 is 11.6 Å². The fourth-order valence-corrected chi connectivity index (χ4v) is 1.60. The van der Waals surface area contributed by atoms with E-state index in [1.54, 1.807) is 6.07 Å². The number of unbranched alkanes of at least 4 members (excludes halogenated alkanes) is 1. The first kappa shape index (κ1) is 14.0. The summed E-state index contributed by atoms with van der Waals surface area (Å²) in [7, 11) is 0. The fourth-order valence-electron chi connectivity index (χ4n) is 1.43. The lowest BCUT2D eigenvalue weighted by atomic mass is 10.2. The number of benzene rings is 1. The van der Waals surface area contributed by atoms with E-state index in [0.717, 1.165) is 24.9 Å². The molecule has 4 heteroatoms. The molecular weight excluding hydrogens is 236 g/mol. The van der Waals surface area contributed by atoms with Gasteiger partial charge in [-0.3, -0.25) is 4.79 Å². The predicted octanol–water partition coefficient (Wildman–Crippen LogP) is 2.98. The van der Waals surface area contributed by atoms with E-state index in [1.807, 2.05) is 19.1 Å². The smallest absolute Gasteiger partial charge is 0.238 e. The molecule has 0 fully saturated rings. The Balaban J connectivity index is 2.42. The normalized spacial score (nSPS) is 10.3. The molecule has 1 aromatic rings. The number of aryl methyl sites for hydroxylation is 1. The first-order valence-corrected chi connectivity index (χ1v) is 6.28. The molecule has 1 aromatic carbocycles. The Labute approximate surface area is 108 Å². The maximum atomic E-state index is 11.6. The maximum absolute atomic E-state index is 11.6. The average Bonchev–Trinajstić information content (AvgIpc) is 2.29. The van der Waals surface area contributed by atoms with Gasteiger partial charge in [0.2, 0.25) is 5.91 Å². The van der Waals surface area contributed by atoms with Gasteiger partial charge >= 0.3 is 0 Å². The standard InChI is InChI=1S/C13H19ClN2O/c1-3-4-7-15-9-13(17)16-12-8-10(2)5-6-11(12)14/h5-6,8,15H,3-4,7,9H2,1-2H3,(H,16,17). The van der Waals surface area contributed by atoms with Crippen LogP contribution in [0.4, 0.5) is 5.69 Å². The molecule has 0 saturated heterocycles. The third kappa shape index (κ3) is 5.20. The molecular formula is C13H19ClN2O. The third-order valence-corrected chi connectivity index (χ3v) is 2.72. The lowest BCUT2D eigenvalue weighted by molar-refractivity contribution is -0.115. The van der Waals surface area contributed by atoms with E-state index in [9.17, 15) is 4.79 Å². The summed E-state index contributed by atoms with van der Waals surface area (Å²) in [6.45, 7) is 5.27. The maximum Gasteiger partial charge on any atom is 0.238 e. The van der Waals surface area contributed by atoms with Crippen molar-refractivity contribution in [3.05, 3.63) is 28.8 Å². The quantitative estimate of drug-likeness (QED) is 0.767. The molecule has 1 rings (SSSR count). The highest BCUT2D eigenvalue weighted by Crippen LogP contribution is 2.22. The minimum absolute atomic E-state index is 0.0615. The van der Waals surface area contributed by atoms with Crippen molar-refractivity contribution in [1.82, 2.24) is 5.32 Å². The molecule has 0 heterocycles. The van der Waals surface area contributed by atoms with Gasteiger partial charge in [0.25, 0.3) is 0 Å². The Morgan fingerprint density at radius 2 is 2.18 bits per heavy atom. The van der Waals surface area contributed by atoms with Gasteiger partial charge in [-0.15, -0.1) is 0 Å². The van der Waals surface area contributed by atoms with Crippen molar-refractivity contribution in [2.75, 3.05) is 18.4 Å². The van der Waals surface area contributed by atoms with Gasteiger partial charge in [-0.05, 0) is 37.6 Å². The molecule has 0 spiro atoms. The minimum Gasteiger partial charge on any atom is -0.324 e. The van der Waals surface area contributed by atoms with Crippen molar-refractivity contribution in [3.8, 4) is 0 Å². The van der Waals surface area contributed by atoms with E-state index in [4.69, 9.17) is 11.6 Å². The van der Waals surface area contributed by atoms with E-state index in [-0.39, 0.29) is 5.91 Å². The number of carbonyl (C=O) groups excluding carboxylic acids is 1. The summed E-state index contributed by atoms with van der Waals surface area (Å²) in [5.41, 5.74) is 1.75. The fraction of sp³-hybridized carbons (Fsp3) is 0.462. The molecule has 0 unspecified atom stereocenters. The monoisotopic (exact) mass is 254 g/mol. The van der Waals surface area contributed by atoms with Gasteiger partial charge in [0.15, 0.2) is 0 Å². The predicted molar refractivity (Wildman–Crippen MR) is 72.6 cm³/mol. The summed E-state index contributed by atoms with van der Waals surface area (Å²) in [5.74, 6) is -0.0615. The molecule has 0 radical (unpaired) electrons. The first-order chi connectivity index (χ1) is 8.13. The molecule has 0 aliphatic rings. The van der Waals surface area contributed by atoms with Gasteiger partial charge in [-0.1, -0.05) is 31.0 Å². The van der Waals surface area contributed by atoms with Crippen molar-refractivity contribution in [2.45, 2.75) is 26.7 Å². The zero-order valence-corrected chi connectivity index (χ0v) is 11.1. The van der Waals surface area contributed by atoms with Crippen molar-refractivity contribution in [1.29, 1.82) is 0 Å². The number of halogens is 1. The van der Waals surface area contributed by atoms with Gasteiger partial charge in [0.05, 0.1) is 17.3 Å². The number of anilines is 1. The Kier molecular flexibility index (Phi) is 6.01. The molecule has 2 N–H and O–H groups in total. The lowest BCUT2D eigenvalue weighted by Crippen LogP contribution is -2.28. The van der Waals surface area contributed by atoms with E-state index >= 15 is 0 Å². The van der Waals surface area contributed by atoms with Crippen LogP contribution in [0.5, 0.6) is 0 Å². The van der Waals surface area contributed by atoms with Crippen LogP contribution in [0.3, 0.4) is 0 Å². The van der Waals surface area contributed by atoms with Crippen LogP contribution in [0.2, 0.25) is 5.02 Å². The molecule has 3 nitrogen and oxygen atoms in total. The van der Waals surface area contributed by atoms with Crippen molar-refractivity contribution in [2.24, 2.45) is 0 Å². The van der Waals surface area contributed by atoms with Crippen molar-refractivity contribution < 1.29 is 4.79 Å². The van der Waals surface area contributed by atoms with Gasteiger partial charge in [-0.25, -0.2) is 0 Å². The number of nitrogens with one attached hydrogen (secondary N) is 2. The zero-order chi connectivity index (χ0) is 12.7. The Hall–Kier alpha value is -1.06. The number of carbonyl (C=O) groups is 1. The van der Waals surface area contributed by atoms with Crippen molar-refractivity contribution in [3.63, 3.8) is 0 Å². The van der Waals surface area contributed by atoms with E-state index < -0.39 is 0 Å². The summed E-state index contributed by atoms with van der Waals surface area (Å²) in [6.07, 6.45) is 2.21. The Morgan fingerprint density at radius 3 is 2.88 bits per heavy atom. The SMILES string of the molecule is CCCCNCC(=O)Nc1cc(C)ccc1Cl. The van der Waals surface area contributed by atoms with Crippen LogP contribution < -0.4 is 10.6 Å².